The summed E-state index contributed by atoms with van der Waals surface area (Å²) < 4.78 is 1.18. The molecule has 3 rings (SSSR count). The van der Waals surface area contributed by atoms with Crippen LogP contribution in [0.25, 0.3) is 0 Å². The molecular weight excluding hydrogens is 238 g/mol. The first kappa shape index (κ1) is 8.93. The fraction of sp³-hybridized carbons (Fsp3) is 0.500. The molecular formula is C12H14BrN. The van der Waals surface area contributed by atoms with Crippen LogP contribution in [0.2, 0.25) is 0 Å². The van der Waals surface area contributed by atoms with E-state index in [2.05, 4.69) is 45.5 Å². The van der Waals surface area contributed by atoms with Gasteiger partial charge in [-0.2, -0.15) is 0 Å². The molecule has 74 valence electrons. The van der Waals surface area contributed by atoms with Gasteiger partial charge in [-0.1, -0.05) is 28.1 Å². The highest BCUT2D eigenvalue weighted by Gasteiger charge is 2.55. The van der Waals surface area contributed by atoms with E-state index in [1.807, 2.05) is 0 Å². The fourth-order valence-corrected chi connectivity index (χ4v) is 3.07. The maximum absolute atomic E-state index is 3.52. The summed E-state index contributed by atoms with van der Waals surface area (Å²) in [6.07, 6.45) is 2.75. The highest BCUT2D eigenvalue weighted by atomic mass is 79.9. The lowest BCUT2D eigenvalue weighted by Gasteiger charge is -2.23. The van der Waals surface area contributed by atoms with Gasteiger partial charge in [-0.3, -0.25) is 0 Å². The molecule has 1 nitrogen and oxygen atoms in total. The molecule has 0 spiro atoms. The lowest BCUT2D eigenvalue weighted by atomic mass is 9.90. The summed E-state index contributed by atoms with van der Waals surface area (Å²) in [6.45, 7) is 2.39. The van der Waals surface area contributed by atoms with Crippen LogP contribution in [0.4, 0.5) is 0 Å². The van der Waals surface area contributed by atoms with Crippen molar-refractivity contribution in [3.63, 3.8) is 0 Å². The molecule has 1 aliphatic carbocycles. The van der Waals surface area contributed by atoms with E-state index in [1.165, 1.54) is 36.0 Å². The van der Waals surface area contributed by atoms with E-state index in [0.717, 1.165) is 5.92 Å². The average molecular weight is 252 g/mol. The molecule has 2 atom stereocenters. The minimum absolute atomic E-state index is 0.499. The Hall–Kier alpha value is -0.340. The summed E-state index contributed by atoms with van der Waals surface area (Å²) >= 11 is 3.49. The second kappa shape index (κ2) is 3.07. The summed E-state index contributed by atoms with van der Waals surface area (Å²) in [6, 6.07) is 8.87. The Bertz CT molecular complexity index is 346. The molecule has 14 heavy (non-hydrogen) atoms. The Morgan fingerprint density at radius 1 is 1.29 bits per heavy atom. The Morgan fingerprint density at radius 3 is 2.79 bits per heavy atom. The third-order valence-electron chi connectivity index (χ3n) is 3.76. The van der Waals surface area contributed by atoms with Gasteiger partial charge in [-0.25, -0.2) is 0 Å². The van der Waals surface area contributed by atoms with E-state index in [-0.39, 0.29) is 0 Å². The molecule has 1 aliphatic heterocycles. The molecule has 0 amide bonds. The number of fused-ring (bicyclic) bond motifs is 1. The third kappa shape index (κ3) is 1.24. The van der Waals surface area contributed by atoms with Crippen LogP contribution >= 0.6 is 15.9 Å². The molecule has 1 N–H and O–H groups in total. The van der Waals surface area contributed by atoms with Crippen molar-refractivity contribution in [1.82, 2.24) is 5.32 Å². The first-order valence-electron chi connectivity index (χ1n) is 5.28. The molecule has 2 heteroatoms. The molecule has 1 aromatic rings. The number of piperidine rings is 1. The number of nitrogens with one attached hydrogen (secondary N) is 1. The van der Waals surface area contributed by atoms with E-state index in [1.54, 1.807) is 0 Å². The van der Waals surface area contributed by atoms with Gasteiger partial charge < -0.3 is 5.32 Å². The topological polar surface area (TPSA) is 12.0 Å². The second-order valence-corrected chi connectivity index (χ2v) is 5.45. The number of hydrogen-bond donors (Lipinski definition) is 1. The van der Waals surface area contributed by atoms with Crippen molar-refractivity contribution >= 4 is 15.9 Å². The molecule has 1 heterocycles. The van der Waals surface area contributed by atoms with Gasteiger partial charge in [0.05, 0.1) is 0 Å². The van der Waals surface area contributed by atoms with Crippen molar-refractivity contribution in [2.24, 2.45) is 5.92 Å². The smallest absolute Gasteiger partial charge is 0.0175 e. The molecule has 2 fully saturated rings. The van der Waals surface area contributed by atoms with Crippen molar-refractivity contribution in [2.45, 2.75) is 18.3 Å². The Kier molecular flexibility index (Phi) is 1.96. The summed E-state index contributed by atoms with van der Waals surface area (Å²) in [4.78, 5) is 0. The standard InChI is InChI=1S/C12H14BrN/c13-11-3-1-9(2-4-11)12-7-10(12)5-6-14-8-12/h1-4,10,14H,5-8H2. The monoisotopic (exact) mass is 251 g/mol. The van der Waals surface area contributed by atoms with E-state index < -0.39 is 0 Å². The maximum atomic E-state index is 3.52. The lowest BCUT2D eigenvalue weighted by molar-refractivity contribution is 0.447. The Morgan fingerprint density at radius 2 is 2.07 bits per heavy atom. The van der Waals surface area contributed by atoms with Crippen LogP contribution in [0.15, 0.2) is 28.7 Å². The van der Waals surface area contributed by atoms with E-state index in [9.17, 15) is 0 Å². The molecule has 0 bridgehead atoms. The van der Waals surface area contributed by atoms with Crippen LogP contribution < -0.4 is 5.32 Å². The zero-order valence-corrected chi connectivity index (χ0v) is 9.68. The first-order chi connectivity index (χ1) is 6.81. The maximum Gasteiger partial charge on any atom is 0.0175 e. The highest BCUT2D eigenvalue weighted by Crippen LogP contribution is 2.57. The zero-order chi connectivity index (χ0) is 9.60. The quantitative estimate of drug-likeness (QED) is 0.810. The van der Waals surface area contributed by atoms with Gasteiger partial charge in [-0.05, 0) is 43.0 Å². The summed E-state index contributed by atoms with van der Waals surface area (Å²) in [5, 5.41) is 3.52. The molecule has 2 aliphatic rings. The molecule has 0 aromatic heterocycles. The Labute approximate surface area is 93.0 Å². The van der Waals surface area contributed by atoms with Crippen LogP contribution in [0.1, 0.15) is 18.4 Å². The van der Waals surface area contributed by atoms with Crippen LogP contribution in [0, 0.1) is 5.92 Å². The summed E-state index contributed by atoms with van der Waals surface area (Å²) in [7, 11) is 0. The van der Waals surface area contributed by atoms with Gasteiger partial charge in [-0.15, -0.1) is 0 Å². The van der Waals surface area contributed by atoms with Crippen LogP contribution in [0.3, 0.4) is 0 Å². The van der Waals surface area contributed by atoms with E-state index >= 15 is 0 Å². The van der Waals surface area contributed by atoms with Crippen molar-refractivity contribution < 1.29 is 0 Å². The van der Waals surface area contributed by atoms with Gasteiger partial charge in [0.1, 0.15) is 0 Å². The lowest BCUT2D eigenvalue weighted by Crippen LogP contribution is -2.34. The van der Waals surface area contributed by atoms with Crippen LogP contribution in [0.5, 0.6) is 0 Å². The predicted molar refractivity (Wildman–Crippen MR) is 61.4 cm³/mol. The van der Waals surface area contributed by atoms with E-state index in [0.29, 0.717) is 5.41 Å². The van der Waals surface area contributed by atoms with Crippen molar-refractivity contribution in [3.05, 3.63) is 34.3 Å². The molecule has 1 saturated carbocycles. The van der Waals surface area contributed by atoms with Gasteiger partial charge in [0.25, 0.3) is 0 Å². The molecule has 1 saturated heterocycles. The SMILES string of the molecule is Brc1ccc(C23CNCCC2C3)cc1. The number of rotatable bonds is 1. The molecule has 1 aromatic carbocycles. The summed E-state index contributed by atoms with van der Waals surface area (Å²) in [5.74, 6) is 0.949. The van der Waals surface area contributed by atoms with Crippen molar-refractivity contribution in [3.8, 4) is 0 Å². The molecule has 0 radical (unpaired) electrons. The highest BCUT2D eigenvalue weighted by molar-refractivity contribution is 9.10. The van der Waals surface area contributed by atoms with Crippen molar-refractivity contribution in [2.75, 3.05) is 13.1 Å². The first-order valence-corrected chi connectivity index (χ1v) is 6.07. The normalized spacial score (nSPS) is 35.1. The minimum atomic E-state index is 0.499. The predicted octanol–water partition coefficient (Wildman–Crippen LogP) is 2.70. The number of benzene rings is 1. The Balaban J connectivity index is 1.92. The summed E-state index contributed by atoms with van der Waals surface area (Å²) in [5.41, 5.74) is 2.02. The van der Waals surface area contributed by atoms with Crippen molar-refractivity contribution in [1.29, 1.82) is 0 Å². The number of halogens is 1. The number of hydrogen-bond acceptors (Lipinski definition) is 1. The van der Waals surface area contributed by atoms with Crippen LogP contribution in [-0.2, 0) is 5.41 Å². The third-order valence-corrected chi connectivity index (χ3v) is 4.29. The van der Waals surface area contributed by atoms with Gasteiger partial charge in [0.2, 0.25) is 0 Å². The van der Waals surface area contributed by atoms with E-state index in [4.69, 9.17) is 0 Å². The molecule has 2 unspecified atom stereocenters. The van der Waals surface area contributed by atoms with Gasteiger partial charge >= 0.3 is 0 Å². The largest absolute Gasteiger partial charge is 0.316 e. The second-order valence-electron chi connectivity index (χ2n) is 4.53. The van der Waals surface area contributed by atoms with Gasteiger partial charge in [0.15, 0.2) is 0 Å². The zero-order valence-electron chi connectivity index (χ0n) is 8.09. The van der Waals surface area contributed by atoms with Gasteiger partial charge in [0, 0.05) is 16.4 Å². The average Bonchev–Trinajstić information content (AvgIpc) is 2.94. The minimum Gasteiger partial charge on any atom is -0.316 e. The fourth-order valence-electron chi connectivity index (χ4n) is 2.80. The van der Waals surface area contributed by atoms with Crippen LogP contribution in [-0.4, -0.2) is 13.1 Å².